The number of para-hydroxylation sites is 1. The van der Waals surface area contributed by atoms with Crippen molar-refractivity contribution in [1.29, 1.82) is 0 Å². The van der Waals surface area contributed by atoms with E-state index in [1.54, 1.807) is 36.3 Å². The molecule has 192 valence electrons. The third-order valence-electron chi connectivity index (χ3n) is 6.62. The maximum atomic E-state index is 14.3. The average Bonchev–Trinajstić information content (AvgIpc) is 2.97. The SMILES string of the molecule is COc1cncc(-c2cccc3cc(C(C)Nc4nc(N)nc5cccnc45)n(-c4ccccc4)c(=O)c23)c1. The Hall–Kier alpha value is -5.31. The molecule has 0 saturated carbocycles. The van der Waals surface area contributed by atoms with Crippen molar-refractivity contribution in [2.45, 2.75) is 13.0 Å². The van der Waals surface area contributed by atoms with Crippen LogP contribution in [0.3, 0.4) is 0 Å². The zero-order valence-corrected chi connectivity index (χ0v) is 21.4. The topological polar surface area (TPSA) is 121 Å². The highest BCUT2D eigenvalue weighted by Gasteiger charge is 2.20. The molecule has 2 aromatic carbocycles. The van der Waals surface area contributed by atoms with Crippen LogP contribution in [0.2, 0.25) is 0 Å². The van der Waals surface area contributed by atoms with Crippen molar-refractivity contribution in [3.63, 3.8) is 0 Å². The minimum atomic E-state index is -0.344. The van der Waals surface area contributed by atoms with Crippen molar-refractivity contribution in [2.24, 2.45) is 0 Å². The van der Waals surface area contributed by atoms with E-state index in [0.717, 1.165) is 27.9 Å². The maximum Gasteiger partial charge on any atom is 0.263 e. The van der Waals surface area contributed by atoms with Crippen molar-refractivity contribution >= 4 is 33.6 Å². The van der Waals surface area contributed by atoms with Crippen molar-refractivity contribution in [2.75, 3.05) is 18.2 Å². The third kappa shape index (κ3) is 4.40. The molecule has 4 aromatic heterocycles. The first-order valence-electron chi connectivity index (χ1n) is 12.4. The first-order chi connectivity index (χ1) is 19.0. The number of hydrogen-bond donors (Lipinski definition) is 2. The molecule has 39 heavy (non-hydrogen) atoms. The lowest BCUT2D eigenvalue weighted by molar-refractivity contribution is 0.413. The van der Waals surface area contributed by atoms with E-state index in [9.17, 15) is 4.79 Å². The van der Waals surface area contributed by atoms with E-state index in [2.05, 4.69) is 25.3 Å². The predicted molar refractivity (Wildman–Crippen MR) is 153 cm³/mol. The van der Waals surface area contributed by atoms with Crippen molar-refractivity contribution in [3.8, 4) is 22.6 Å². The van der Waals surface area contributed by atoms with Crippen LogP contribution in [0.1, 0.15) is 18.7 Å². The molecule has 9 heteroatoms. The van der Waals surface area contributed by atoms with E-state index in [1.165, 1.54) is 0 Å². The number of ether oxygens (including phenoxy) is 1. The van der Waals surface area contributed by atoms with E-state index < -0.39 is 0 Å². The van der Waals surface area contributed by atoms with Gasteiger partial charge in [0.15, 0.2) is 5.82 Å². The number of fused-ring (bicyclic) bond motifs is 2. The highest BCUT2D eigenvalue weighted by Crippen LogP contribution is 2.31. The summed E-state index contributed by atoms with van der Waals surface area (Å²) in [6.45, 7) is 1.98. The Labute approximate surface area is 224 Å². The molecular weight excluding hydrogens is 490 g/mol. The molecule has 0 fully saturated rings. The van der Waals surface area contributed by atoms with Gasteiger partial charge in [0.25, 0.3) is 5.56 Å². The summed E-state index contributed by atoms with van der Waals surface area (Å²) in [4.78, 5) is 31.8. The first-order valence-corrected chi connectivity index (χ1v) is 12.4. The van der Waals surface area contributed by atoms with Crippen molar-refractivity contribution < 1.29 is 4.74 Å². The Bertz CT molecular complexity index is 1890. The maximum absolute atomic E-state index is 14.3. The fourth-order valence-electron chi connectivity index (χ4n) is 4.83. The van der Waals surface area contributed by atoms with E-state index in [4.69, 9.17) is 10.5 Å². The minimum absolute atomic E-state index is 0.140. The molecule has 0 aliphatic heterocycles. The number of rotatable bonds is 6. The van der Waals surface area contributed by atoms with Crippen LogP contribution in [-0.4, -0.2) is 31.6 Å². The number of pyridine rings is 3. The van der Waals surface area contributed by atoms with E-state index in [-0.39, 0.29) is 17.5 Å². The van der Waals surface area contributed by atoms with Gasteiger partial charge in [-0.25, -0.2) is 4.98 Å². The molecule has 0 bridgehead atoms. The average molecular weight is 516 g/mol. The van der Waals surface area contributed by atoms with Gasteiger partial charge in [0.2, 0.25) is 5.95 Å². The largest absolute Gasteiger partial charge is 0.495 e. The number of nitrogens with two attached hydrogens (primary N) is 1. The van der Waals surface area contributed by atoms with Gasteiger partial charge >= 0.3 is 0 Å². The number of anilines is 2. The number of hydrogen-bond acceptors (Lipinski definition) is 8. The van der Waals surface area contributed by atoms with Gasteiger partial charge in [-0.05, 0) is 54.3 Å². The quantitative estimate of drug-likeness (QED) is 0.312. The summed E-state index contributed by atoms with van der Waals surface area (Å²) in [6.07, 6.45) is 5.06. The summed E-state index contributed by atoms with van der Waals surface area (Å²) < 4.78 is 7.11. The summed E-state index contributed by atoms with van der Waals surface area (Å²) in [5, 5.41) is 4.82. The van der Waals surface area contributed by atoms with E-state index >= 15 is 0 Å². The van der Waals surface area contributed by atoms with Crippen molar-refractivity contribution in [3.05, 3.63) is 107 Å². The summed E-state index contributed by atoms with van der Waals surface area (Å²) >= 11 is 0. The first kappa shape index (κ1) is 24.1. The molecule has 1 unspecified atom stereocenters. The number of nitrogens with zero attached hydrogens (tertiary/aromatic N) is 5. The molecule has 1 atom stereocenters. The molecule has 0 saturated heterocycles. The molecular formula is C30H25N7O2. The standard InChI is InChI=1S/C30H25N7O2/c1-18(34-28-27-24(12-7-13-33-27)35-30(31)36-28)25-15-19-8-6-11-23(20-14-22(39-2)17-32-16-20)26(19)29(38)37(25)21-9-4-3-5-10-21/h3-18H,1-2H3,(H3,31,34,35,36). The molecule has 4 heterocycles. The zero-order valence-electron chi connectivity index (χ0n) is 21.4. The normalized spacial score (nSPS) is 11.9. The fourth-order valence-corrected chi connectivity index (χ4v) is 4.83. The number of aromatic nitrogens is 5. The lowest BCUT2D eigenvalue weighted by atomic mass is 9.98. The number of methoxy groups -OCH3 is 1. The lowest BCUT2D eigenvalue weighted by Gasteiger charge is -2.22. The smallest absolute Gasteiger partial charge is 0.263 e. The molecule has 6 rings (SSSR count). The van der Waals surface area contributed by atoms with Crippen LogP contribution in [0.25, 0.3) is 38.6 Å². The zero-order chi connectivity index (χ0) is 26.9. The number of benzene rings is 2. The van der Waals surface area contributed by atoms with Crippen LogP contribution in [0.5, 0.6) is 5.75 Å². The van der Waals surface area contributed by atoms with Crippen LogP contribution in [0, 0.1) is 0 Å². The molecule has 0 amide bonds. The molecule has 0 aliphatic rings. The van der Waals surface area contributed by atoms with Crippen LogP contribution < -0.4 is 21.3 Å². The highest BCUT2D eigenvalue weighted by molar-refractivity contribution is 5.96. The second kappa shape index (κ2) is 9.86. The Balaban J connectivity index is 1.57. The van der Waals surface area contributed by atoms with Gasteiger partial charge in [-0.3, -0.25) is 19.3 Å². The van der Waals surface area contributed by atoms with Gasteiger partial charge in [0.05, 0.1) is 30.3 Å². The van der Waals surface area contributed by atoms with Gasteiger partial charge in [-0.15, -0.1) is 0 Å². The van der Waals surface area contributed by atoms with Crippen LogP contribution in [0.15, 0.2) is 96.2 Å². The highest BCUT2D eigenvalue weighted by atomic mass is 16.5. The summed E-state index contributed by atoms with van der Waals surface area (Å²) in [7, 11) is 1.59. The summed E-state index contributed by atoms with van der Waals surface area (Å²) in [5.74, 6) is 1.25. The monoisotopic (exact) mass is 515 g/mol. The van der Waals surface area contributed by atoms with Crippen LogP contribution in [0.4, 0.5) is 11.8 Å². The number of nitrogens with one attached hydrogen (secondary N) is 1. The van der Waals surface area contributed by atoms with Crippen molar-refractivity contribution in [1.82, 2.24) is 24.5 Å². The second-order valence-electron chi connectivity index (χ2n) is 9.10. The second-order valence-corrected chi connectivity index (χ2v) is 9.10. The fraction of sp³-hybridized carbons (Fsp3) is 0.100. The Morgan fingerprint density at radius 1 is 0.974 bits per heavy atom. The van der Waals surface area contributed by atoms with Crippen LogP contribution in [-0.2, 0) is 0 Å². The van der Waals surface area contributed by atoms with Gasteiger partial charge in [-0.1, -0.05) is 36.4 Å². The molecule has 9 nitrogen and oxygen atoms in total. The third-order valence-corrected chi connectivity index (χ3v) is 6.62. The van der Waals surface area contributed by atoms with Gasteiger partial charge in [0.1, 0.15) is 11.3 Å². The van der Waals surface area contributed by atoms with E-state index in [0.29, 0.717) is 28.0 Å². The van der Waals surface area contributed by atoms with Gasteiger partial charge in [-0.2, -0.15) is 4.98 Å². The predicted octanol–water partition coefficient (Wildman–Crippen LogP) is 5.15. The number of nitrogen functional groups attached to an aromatic ring is 1. The molecule has 0 aliphatic carbocycles. The molecule has 3 N–H and O–H groups in total. The van der Waals surface area contributed by atoms with Gasteiger partial charge < -0.3 is 15.8 Å². The summed E-state index contributed by atoms with van der Waals surface area (Å²) in [5.41, 5.74) is 10.1. The summed E-state index contributed by atoms with van der Waals surface area (Å²) in [6, 6.07) is 22.6. The molecule has 6 aromatic rings. The van der Waals surface area contributed by atoms with Gasteiger partial charge in [0, 0.05) is 29.3 Å². The minimum Gasteiger partial charge on any atom is -0.495 e. The van der Waals surface area contributed by atoms with E-state index in [1.807, 2.05) is 73.7 Å². The Morgan fingerprint density at radius 3 is 2.64 bits per heavy atom. The molecule has 0 spiro atoms. The Morgan fingerprint density at radius 2 is 1.82 bits per heavy atom. The van der Waals surface area contributed by atoms with Crippen LogP contribution >= 0.6 is 0 Å². The Kier molecular flexibility index (Phi) is 6.08. The molecule has 0 radical (unpaired) electrons. The lowest BCUT2D eigenvalue weighted by Crippen LogP contribution is -2.26.